The summed E-state index contributed by atoms with van der Waals surface area (Å²) in [6.07, 6.45) is 1.24. The molecule has 9 nitrogen and oxygen atoms in total. The standard InChI is InChI=1S/C24H25N5O4/c1-31-20-10-6-5-9-16(20)17-11-12-25-23(27-17)28-18-13-32-22-19(14-33-21(18)22)29-24(30)26-15-7-3-2-4-8-15/h2-12,18-19,21-22H,13-14H2,1H3,(H,25,27,28)(H2,26,29,30)/t18-,19-,21+,22+/m0/s1. The van der Waals surface area contributed by atoms with Gasteiger partial charge >= 0.3 is 6.03 Å². The summed E-state index contributed by atoms with van der Waals surface area (Å²) in [5.74, 6) is 1.22. The van der Waals surface area contributed by atoms with Crippen LogP contribution in [0.15, 0.2) is 66.9 Å². The second-order valence-corrected chi connectivity index (χ2v) is 7.88. The molecular formula is C24H25N5O4. The first kappa shape index (κ1) is 21.2. The van der Waals surface area contributed by atoms with Crippen molar-refractivity contribution in [2.75, 3.05) is 31.0 Å². The van der Waals surface area contributed by atoms with Gasteiger partial charge in [0.25, 0.3) is 0 Å². The summed E-state index contributed by atoms with van der Waals surface area (Å²) in [5.41, 5.74) is 2.37. The van der Waals surface area contributed by atoms with Crippen molar-refractivity contribution in [3.63, 3.8) is 0 Å². The molecule has 2 aromatic carbocycles. The van der Waals surface area contributed by atoms with E-state index in [0.717, 1.165) is 22.7 Å². The molecule has 4 atom stereocenters. The lowest BCUT2D eigenvalue weighted by atomic mass is 10.1. The van der Waals surface area contributed by atoms with E-state index >= 15 is 0 Å². The second kappa shape index (κ2) is 9.43. The molecule has 9 heteroatoms. The van der Waals surface area contributed by atoms with Gasteiger partial charge in [-0.1, -0.05) is 30.3 Å². The summed E-state index contributed by atoms with van der Waals surface area (Å²) in [5, 5.41) is 9.11. The van der Waals surface area contributed by atoms with Crippen molar-refractivity contribution in [3.05, 3.63) is 66.9 Å². The Kier molecular flexibility index (Phi) is 6.05. The van der Waals surface area contributed by atoms with E-state index in [1.807, 2.05) is 60.7 Å². The molecule has 1 aromatic heterocycles. The number of fused-ring (bicyclic) bond motifs is 1. The van der Waals surface area contributed by atoms with Crippen molar-refractivity contribution in [2.45, 2.75) is 24.3 Å². The number of carbonyl (C=O) groups is 1. The van der Waals surface area contributed by atoms with Gasteiger partial charge in [-0.15, -0.1) is 0 Å². The van der Waals surface area contributed by atoms with E-state index in [-0.39, 0.29) is 30.3 Å². The van der Waals surface area contributed by atoms with E-state index in [4.69, 9.17) is 14.2 Å². The first-order valence-corrected chi connectivity index (χ1v) is 10.8. The molecule has 2 aliphatic rings. The number of nitrogens with zero attached hydrogens (tertiary/aromatic N) is 2. The third kappa shape index (κ3) is 4.59. The fourth-order valence-electron chi connectivity index (χ4n) is 4.20. The molecule has 0 unspecified atom stereocenters. The highest BCUT2D eigenvalue weighted by atomic mass is 16.6. The number of hydrogen-bond acceptors (Lipinski definition) is 7. The number of hydrogen-bond donors (Lipinski definition) is 3. The summed E-state index contributed by atoms with van der Waals surface area (Å²) in [7, 11) is 1.64. The van der Waals surface area contributed by atoms with Crippen molar-refractivity contribution in [2.24, 2.45) is 0 Å². The molecule has 2 aliphatic heterocycles. The van der Waals surface area contributed by atoms with Crippen LogP contribution >= 0.6 is 0 Å². The molecule has 170 valence electrons. The molecule has 3 N–H and O–H groups in total. The third-order valence-electron chi connectivity index (χ3n) is 5.75. The number of nitrogens with one attached hydrogen (secondary N) is 3. The van der Waals surface area contributed by atoms with Gasteiger partial charge in [0.05, 0.1) is 38.1 Å². The van der Waals surface area contributed by atoms with Crippen molar-refractivity contribution >= 4 is 17.7 Å². The molecule has 33 heavy (non-hydrogen) atoms. The number of para-hydroxylation sites is 2. The van der Waals surface area contributed by atoms with Crippen molar-refractivity contribution in [3.8, 4) is 17.0 Å². The minimum atomic E-state index is -0.289. The predicted molar refractivity (Wildman–Crippen MR) is 123 cm³/mol. The molecule has 0 aliphatic carbocycles. The van der Waals surface area contributed by atoms with Gasteiger partial charge < -0.3 is 30.2 Å². The number of benzene rings is 2. The van der Waals surface area contributed by atoms with Crippen LogP contribution in [0.3, 0.4) is 0 Å². The Morgan fingerprint density at radius 1 is 0.970 bits per heavy atom. The van der Waals surface area contributed by atoms with E-state index in [1.54, 1.807) is 13.3 Å². The molecule has 0 bridgehead atoms. The lowest BCUT2D eigenvalue weighted by Gasteiger charge is -2.19. The highest BCUT2D eigenvalue weighted by Gasteiger charge is 2.48. The summed E-state index contributed by atoms with van der Waals surface area (Å²) >= 11 is 0. The minimum Gasteiger partial charge on any atom is -0.496 e. The summed E-state index contributed by atoms with van der Waals surface area (Å²) in [4.78, 5) is 21.4. The quantitative estimate of drug-likeness (QED) is 0.533. The van der Waals surface area contributed by atoms with Crippen LogP contribution in [0.1, 0.15) is 0 Å². The zero-order valence-corrected chi connectivity index (χ0v) is 18.1. The zero-order chi connectivity index (χ0) is 22.6. The largest absolute Gasteiger partial charge is 0.496 e. The number of methoxy groups -OCH3 is 1. The molecule has 2 saturated heterocycles. The Morgan fingerprint density at radius 2 is 1.70 bits per heavy atom. The Labute approximate surface area is 191 Å². The normalized spacial score (nSPS) is 23.5. The summed E-state index contributed by atoms with van der Waals surface area (Å²) < 4.78 is 17.4. The van der Waals surface area contributed by atoms with E-state index in [2.05, 4.69) is 25.9 Å². The van der Waals surface area contributed by atoms with Crippen LogP contribution in [0.2, 0.25) is 0 Å². The average Bonchev–Trinajstić information content (AvgIpc) is 3.43. The first-order chi connectivity index (χ1) is 16.2. The van der Waals surface area contributed by atoms with Gasteiger partial charge in [-0.3, -0.25) is 0 Å². The van der Waals surface area contributed by atoms with Gasteiger partial charge in [-0.25, -0.2) is 14.8 Å². The molecule has 3 heterocycles. The summed E-state index contributed by atoms with van der Waals surface area (Å²) in [6, 6.07) is 18.2. The van der Waals surface area contributed by atoms with Crippen LogP contribution in [0.4, 0.5) is 16.4 Å². The van der Waals surface area contributed by atoms with Crippen LogP contribution in [0.25, 0.3) is 11.3 Å². The van der Waals surface area contributed by atoms with Gasteiger partial charge in [0.1, 0.15) is 18.0 Å². The maximum Gasteiger partial charge on any atom is 0.319 e. The molecule has 2 fully saturated rings. The fraction of sp³-hybridized carbons (Fsp3) is 0.292. The van der Waals surface area contributed by atoms with Crippen molar-refractivity contribution in [1.82, 2.24) is 15.3 Å². The Hall–Kier alpha value is -3.69. The van der Waals surface area contributed by atoms with E-state index < -0.39 is 0 Å². The minimum absolute atomic E-state index is 0.132. The predicted octanol–water partition coefficient (Wildman–Crippen LogP) is 2.92. The van der Waals surface area contributed by atoms with E-state index in [9.17, 15) is 4.79 Å². The number of rotatable bonds is 6. The summed E-state index contributed by atoms with van der Waals surface area (Å²) in [6.45, 7) is 0.800. The SMILES string of the molecule is COc1ccccc1-c1ccnc(N[C@H]2CO[C@H]3[C@@H]2OC[C@@H]3NC(=O)Nc2ccccc2)n1. The lowest BCUT2D eigenvalue weighted by molar-refractivity contribution is 0.0683. The van der Waals surface area contributed by atoms with Crippen LogP contribution < -0.4 is 20.7 Å². The molecule has 3 aromatic rings. The Balaban J connectivity index is 1.22. The number of urea groups is 1. The van der Waals surface area contributed by atoms with Crippen LogP contribution in [-0.4, -0.2) is 60.6 Å². The number of anilines is 2. The molecule has 0 radical (unpaired) electrons. The first-order valence-electron chi connectivity index (χ1n) is 10.8. The molecule has 0 spiro atoms. The van der Waals surface area contributed by atoms with Gasteiger partial charge in [0.15, 0.2) is 0 Å². The van der Waals surface area contributed by atoms with E-state index in [0.29, 0.717) is 19.2 Å². The molecular weight excluding hydrogens is 422 g/mol. The maximum absolute atomic E-state index is 12.4. The van der Waals surface area contributed by atoms with Gasteiger partial charge in [0, 0.05) is 17.4 Å². The fourth-order valence-corrected chi connectivity index (χ4v) is 4.20. The molecule has 5 rings (SSSR count). The number of ether oxygens (including phenoxy) is 3. The monoisotopic (exact) mass is 447 g/mol. The molecule has 0 saturated carbocycles. The number of amides is 2. The topological polar surface area (TPSA) is 107 Å². The van der Waals surface area contributed by atoms with Crippen LogP contribution in [-0.2, 0) is 9.47 Å². The van der Waals surface area contributed by atoms with E-state index in [1.165, 1.54) is 0 Å². The number of carbonyl (C=O) groups excluding carboxylic acids is 1. The molecule has 2 amide bonds. The number of aromatic nitrogens is 2. The average molecular weight is 447 g/mol. The zero-order valence-electron chi connectivity index (χ0n) is 18.1. The Bertz CT molecular complexity index is 1110. The van der Waals surface area contributed by atoms with Gasteiger partial charge in [0.2, 0.25) is 5.95 Å². The Morgan fingerprint density at radius 3 is 2.52 bits per heavy atom. The van der Waals surface area contributed by atoms with Gasteiger partial charge in [-0.05, 0) is 30.3 Å². The van der Waals surface area contributed by atoms with Crippen molar-refractivity contribution in [1.29, 1.82) is 0 Å². The third-order valence-corrected chi connectivity index (χ3v) is 5.75. The van der Waals surface area contributed by atoms with Crippen LogP contribution in [0.5, 0.6) is 5.75 Å². The second-order valence-electron chi connectivity index (χ2n) is 7.88. The smallest absolute Gasteiger partial charge is 0.319 e. The lowest BCUT2D eigenvalue weighted by Crippen LogP contribution is -2.46. The highest BCUT2D eigenvalue weighted by Crippen LogP contribution is 2.31. The van der Waals surface area contributed by atoms with Gasteiger partial charge in [-0.2, -0.15) is 0 Å². The maximum atomic E-state index is 12.4. The highest BCUT2D eigenvalue weighted by molar-refractivity contribution is 5.89. The van der Waals surface area contributed by atoms with Crippen LogP contribution in [0, 0.1) is 0 Å². The van der Waals surface area contributed by atoms with Crippen molar-refractivity contribution < 1.29 is 19.0 Å².